The fraction of sp³-hybridized carbons (Fsp3) is 0.143. The number of hydrogen-bond donors (Lipinski definition) is 0. The van der Waals surface area contributed by atoms with Gasteiger partial charge in [0.05, 0.1) is 11.0 Å². The second-order valence-electron chi connectivity index (χ2n) is 2.24. The minimum Gasteiger partial charge on any atom is -0.286 e. The average Bonchev–Trinajstić information content (AvgIpc) is 2.08. The Hall–Kier alpha value is -1.78. The quantitative estimate of drug-likeness (QED) is 0.254. The van der Waals surface area contributed by atoms with Crippen LogP contribution in [0.3, 0.4) is 0 Å². The molecule has 0 radical (unpaired) electrons. The number of ketones is 2. The van der Waals surface area contributed by atoms with Gasteiger partial charge >= 0.3 is 0 Å². The van der Waals surface area contributed by atoms with Crippen LogP contribution in [0.1, 0.15) is 0 Å². The van der Waals surface area contributed by atoms with Crippen molar-refractivity contribution < 1.29 is 9.59 Å². The highest BCUT2D eigenvalue weighted by atomic mass is 16.3. The van der Waals surface area contributed by atoms with E-state index in [-0.39, 0.29) is 0 Å². The molecule has 0 unspecified atom stereocenters. The maximum atomic E-state index is 10.8. The predicted molar refractivity (Wildman–Crippen MR) is 40.8 cm³/mol. The van der Waals surface area contributed by atoms with Crippen LogP contribution in [0.2, 0.25) is 0 Å². The molecule has 12 heavy (non-hydrogen) atoms. The van der Waals surface area contributed by atoms with Crippen LogP contribution in [0.4, 0.5) is 0 Å². The molecule has 5 nitrogen and oxygen atoms in total. The van der Waals surface area contributed by atoms with E-state index in [2.05, 4.69) is 5.29 Å². The Bertz CT molecular complexity index is 304. The zero-order valence-corrected chi connectivity index (χ0v) is 6.35. The Morgan fingerprint density at radius 3 is 2.42 bits per heavy atom. The van der Waals surface area contributed by atoms with Crippen molar-refractivity contribution in [2.45, 2.75) is 0 Å². The summed E-state index contributed by atoms with van der Waals surface area (Å²) in [4.78, 5) is 31.4. The molecule has 0 aromatic heterocycles. The van der Waals surface area contributed by atoms with Gasteiger partial charge < -0.3 is 0 Å². The summed E-state index contributed by atoms with van der Waals surface area (Å²) in [5.74, 6) is -1.22. The van der Waals surface area contributed by atoms with Crippen molar-refractivity contribution in [2.75, 3.05) is 7.05 Å². The Morgan fingerprint density at radius 1 is 1.25 bits per heavy atom. The summed E-state index contributed by atoms with van der Waals surface area (Å²) in [5, 5.41) is 3.54. The maximum Gasteiger partial charge on any atom is 0.227 e. The number of nitrogens with zero attached hydrogens (tertiary/aromatic N) is 2. The highest BCUT2D eigenvalue weighted by Crippen LogP contribution is 2.08. The molecule has 1 aliphatic rings. The first-order valence-electron chi connectivity index (χ1n) is 3.20. The van der Waals surface area contributed by atoms with Gasteiger partial charge in [0.25, 0.3) is 0 Å². The van der Waals surface area contributed by atoms with E-state index >= 15 is 0 Å². The second-order valence-corrected chi connectivity index (χ2v) is 2.24. The summed E-state index contributed by atoms with van der Waals surface area (Å²) in [6, 6.07) is 0. The molecular formula is C7H6N2O3. The van der Waals surface area contributed by atoms with E-state index in [0.717, 1.165) is 17.2 Å². The molecule has 0 heterocycles. The molecule has 1 aliphatic carbocycles. The van der Waals surface area contributed by atoms with Gasteiger partial charge in [0.1, 0.15) is 0 Å². The normalized spacial score (nSPS) is 15.9. The molecule has 0 saturated carbocycles. The van der Waals surface area contributed by atoms with Crippen LogP contribution in [-0.2, 0) is 9.59 Å². The SMILES string of the molecule is CN(N=O)C1=CC(=O)C(=O)C=C1. The third-order valence-electron chi connectivity index (χ3n) is 1.42. The first-order chi connectivity index (χ1) is 5.65. The van der Waals surface area contributed by atoms with E-state index in [1.807, 2.05) is 0 Å². The lowest BCUT2D eigenvalue weighted by Crippen LogP contribution is -2.17. The second kappa shape index (κ2) is 3.08. The molecule has 5 heteroatoms. The lowest BCUT2D eigenvalue weighted by atomic mass is 10.1. The van der Waals surface area contributed by atoms with Crippen LogP contribution in [0.25, 0.3) is 0 Å². The number of hydrogen-bond acceptors (Lipinski definition) is 4. The molecule has 0 bridgehead atoms. The van der Waals surface area contributed by atoms with Crippen LogP contribution < -0.4 is 0 Å². The third-order valence-corrected chi connectivity index (χ3v) is 1.42. The summed E-state index contributed by atoms with van der Waals surface area (Å²) in [6.45, 7) is 0. The van der Waals surface area contributed by atoms with Gasteiger partial charge in [0.2, 0.25) is 11.6 Å². The first-order valence-corrected chi connectivity index (χ1v) is 3.20. The van der Waals surface area contributed by atoms with Gasteiger partial charge in [-0.15, -0.1) is 4.91 Å². The average molecular weight is 166 g/mol. The number of allylic oxidation sites excluding steroid dienone is 3. The Kier molecular flexibility index (Phi) is 2.14. The Labute approximate surface area is 68.3 Å². The molecule has 0 aromatic rings. The van der Waals surface area contributed by atoms with Gasteiger partial charge in [-0.1, -0.05) is 0 Å². The largest absolute Gasteiger partial charge is 0.286 e. The lowest BCUT2D eigenvalue weighted by Gasteiger charge is -2.10. The van der Waals surface area contributed by atoms with Gasteiger partial charge in [0, 0.05) is 13.1 Å². The molecule has 0 atom stereocenters. The molecule has 1 rings (SSSR count). The number of rotatable bonds is 2. The van der Waals surface area contributed by atoms with Crippen molar-refractivity contribution >= 4 is 11.6 Å². The van der Waals surface area contributed by atoms with Crippen molar-refractivity contribution in [3.05, 3.63) is 28.8 Å². The van der Waals surface area contributed by atoms with E-state index in [1.165, 1.54) is 13.1 Å². The standard InChI is InChI=1S/C7H6N2O3/c1-9(8-12)5-2-3-6(10)7(11)4-5/h2-4H,1H3. The van der Waals surface area contributed by atoms with Crippen LogP contribution in [-0.4, -0.2) is 23.6 Å². The highest BCUT2D eigenvalue weighted by Gasteiger charge is 2.15. The monoisotopic (exact) mass is 166 g/mol. The van der Waals surface area contributed by atoms with Gasteiger partial charge in [-0.25, -0.2) is 5.01 Å². The van der Waals surface area contributed by atoms with E-state index in [0.29, 0.717) is 5.70 Å². The van der Waals surface area contributed by atoms with Crippen LogP contribution in [0.15, 0.2) is 29.2 Å². The summed E-state index contributed by atoms with van der Waals surface area (Å²) in [5.41, 5.74) is 0.314. The number of carbonyl (C=O) groups is 2. The summed E-state index contributed by atoms with van der Waals surface area (Å²) >= 11 is 0. The topological polar surface area (TPSA) is 66.8 Å². The smallest absolute Gasteiger partial charge is 0.227 e. The van der Waals surface area contributed by atoms with Crippen molar-refractivity contribution in [3.8, 4) is 0 Å². The molecule has 0 saturated heterocycles. The van der Waals surface area contributed by atoms with E-state index < -0.39 is 11.6 Å². The fourth-order valence-corrected chi connectivity index (χ4v) is 0.745. The van der Waals surface area contributed by atoms with Crippen molar-refractivity contribution in [1.82, 2.24) is 5.01 Å². The van der Waals surface area contributed by atoms with Gasteiger partial charge in [0.15, 0.2) is 0 Å². The third kappa shape index (κ3) is 1.45. The molecular weight excluding hydrogens is 160 g/mol. The van der Waals surface area contributed by atoms with Gasteiger partial charge in [-0.05, 0) is 12.2 Å². The minimum absolute atomic E-state index is 0.314. The lowest BCUT2D eigenvalue weighted by molar-refractivity contribution is -0.131. The van der Waals surface area contributed by atoms with E-state index in [1.54, 1.807) is 0 Å². The minimum atomic E-state index is -0.636. The molecule has 0 N–H and O–H groups in total. The molecule has 62 valence electrons. The molecule has 0 amide bonds. The van der Waals surface area contributed by atoms with Gasteiger partial charge in [-0.2, -0.15) is 0 Å². The van der Waals surface area contributed by atoms with Crippen molar-refractivity contribution in [1.29, 1.82) is 0 Å². The summed E-state index contributed by atoms with van der Waals surface area (Å²) in [6.07, 6.45) is 3.55. The van der Waals surface area contributed by atoms with Crippen molar-refractivity contribution in [2.24, 2.45) is 5.29 Å². The molecule has 0 fully saturated rings. The highest BCUT2D eigenvalue weighted by molar-refractivity contribution is 6.46. The Balaban J connectivity index is 2.90. The summed E-state index contributed by atoms with van der Waals surface area (Å²) < 4.78 is 0. The summed E-state index contributed by atoms with van der Waals surface area (Å²) in [7, 11) is 1.40. The first kappa shape index (κ1) is 8.32. The predicted octanol–water partition coefficient (Wildman–Crippen LogP) is 0.192. The molecule has 0 aromatic carbocycles. The van der Waals surface area contributed by atoms with Crippen LogP contribution in [0.5, 0.6) is 0 Å². The van der Waals surface area contributed by atoms with E-state index in [9.17, 15) is 14.5 Å². The number of carbonyl (C=O) groups excluding carboxylic acids is 2. The van der Waals surface area contributed by atoms with E-state index in [4.69, 9.17) is 0 Å². The van der Waals surface area contributed by atoms with Crippen LogP contribution in [0, 0.1) is 4.91 Å². The number of nitroso groups, excluding NO2 is 1. The Morgan fingerprint density at radius 2 is 1.92 bits per heavy atom. The fourth-order valence-electron chi connectivity index (χ4n) is 0.745. The number of likely N-dealkylation sites (N-methyl/N-ethyl adjacent to an activating group) is 1. The molecule has 0 spiro atoms. The van der Waals surface area contributed by atoms with Gasteiger partial charge in [-0.3, -0.25) is 9.59 Å². The van der Waals surface area contributed by atoms with Crippen LogP contribution >= 0.6 is 0 Å². The zero-order valence-electron chi connectivity index (χ0n) is 6.35. The van der Waals surface area contributed by atoms with Crippen molar-refractivity contribution in [3.63, 3.8) is 0 Å². The zero-order chi connectivity index (χ0) is 9.14. The maximum absolute atomic E-state index is 10.8. The molecule has 0 aliphatic heterocycles.